The summed E-state index contributed by atoms with van der Waals surface area (Å²) in [6.07, 6.45) is 2.01. The van der Waals surface area contributed by atoms with Crippen molar-refractivity contribution in [3.63, 3.8) is 0 Å². The Hall–Kier alpha value is -8.67. The minimum Gasteiger partial charge on any atom is -0.457 e. The second kappa shape index (κ2) is 19.2. The molecule has 9 aromatic carbocycles. The molecule has 0 atom stereocenters. The number of anilines is 4. The normalized spacial score (nSPS) is 13.4. The lowest BCUT2D eigenvalue weighted by atomic mass is 9.82. The average molecular weight is 1010 g/mol. The molecular formula is C72H66N4O. The Morgan fingerprint density at radius 1 is 0.455 bits per heavy atom. The Bertz CT molecular complexity index is 4150. The topological polar surface area (TPSA) is 33.5 Å². The Labute approximate surface area is 458 Å². The highest BCUT2D eigenvalue weighted by molar-refractivity contribution is 6.16. The van der Waals surface area contributed by atoms with Gasteiger partial charge in [0.1, 0.15) is 24.0 Å². The van der Waals surface area contributed by atoms with Gasteiger partial charge in [0.2, 0.25) is 0 Å². The van der Waals surface area contributed by atoms with E-state index in [1.807, 2.05) is 30.5 Å². The van der Waals surface area contributed by atoms with Gasteiger partial charge in [-0.3, -0.25) is 4.57 Å². The number of ether oxygens (including phenoxy) is 1. The maximum absolute atomic E-state index is 9.61. The molecular weight excluding hydrogens is 937 g/mol. The monoisotopic (exact) mass is 1010 g/mol. The van der Waals surface area contributed by atoms with Crippen LogP contribution in [0.25, 0.3) is 72.1 Å². The maximum Gasteiger partial charge on any atom is 0.137 e. The van der Waals surface area contributed by atoms with E-state index in [4.69, 9.17) is 9.72 Å². The predicted octanol–water partition coefficient (Wildman–Crippen LogP) is 19.8. The van der Waals surface area contributed by atoms with Crippen LogP contribution >= 0.6 is 0 Å². The molecule has 11 aromatic rings. The zero-order chi connectivity index (χ0) is 55.8. The molecule has 0 saturated carbocycles. The highest BCUT2D eigenvalue weighted by atomic mass is 16.5. The third-order valence-electron chi connectivity index (χ3n) is 15.2. The maximum atomic E-state index is 9.61. The van der Waals surface area contributed by atoms with Crippen LogP contribution in [0.5, 0.6) is 11.5 Å². The van der Waals surface area contributed by atoms with E-state index in [-0.39, 0.29) is 40.1 Å². The van der Waals surface area contributed by atoms with Gasteiger partial charge in [-0.05, 0) is 103 Å². The smallest absolute Gasteiger partial charge is 0.137 e. The molecule has 5 heteroatoms. The molecule has 0 fully saturated rings. The summed E-state index contributed by atoms with van der Waals surface area (Å²) in [5, 5.41) is 2.12. The van der Waals surface area contributed by atoms with E-state index in [0.29, 0.717) is 18.1 Å². The van der Waals surface area contributed by atoms with Crippen LogP contribution < -0.4 is 14.5 Å². The van der Waals surface area contributed by atoms with Gasteiger partial charge >= 0.3 is 0 Å². The molecule has 0 aliphatic carbocycles. The van der Waals surface area contributed by atoms with Crippen molar-refractivity contribution in [1.29, 1.82) is 0 Å². The second-order valence-corrected chi connectivity index (χ2v) is 23.5. The number of hydrogen-bond acceptors (Lipinski definition) is 4. The van der Waals surface area contributed by atoms with Crippen molar-refractivity contribution in [3.8, 4) is 61.8 Å². The number of para-hydroxylation sites is 4. The Balaban J connectivity index is 1.02. The molecule has 3 heterocycles. The minimum absolute atomic E-state index is 0.000728. The Morgan fingerprint density at radius 2 is 1.00 bits per heavy atom. The first-order chi connectivity index (χ1) is 38.3. The van der Waals surface area contributed by atoms with Crippen LogP contribution in [-0.4, -0.2) is 16.2 Å². The van der Waals surface area contributed by atoms with E-state index in [1.54, 1.807) is 6.07 Å². The van der Waals surface area contributed by atoms with Gasteiger partial charge in [-0.2, -0.15) is 0 Å². The van der Waals surface area contributed by atoms with Gasteiger partial charge in [0.05, 0.1) is 32.2 Å². The molecule has 0 bridgehead atoms. The molecule has 0 N–H and O–H groups in total. The summed E-state index contributed by atoms with van der Waals surface area (Å²) < 4.78 is 37.8. The van der Waals surface area contributed by atoms with Crippen molar-refractivity contribution in [2.24, 2.45) is 0 Å². The van der Waals surface area contributed by atoms with Crippen LogP contribution in [0.3, 0.4) is 0 Å². The summed E-state index contributed by atoms with van der Waals surface area (Å²) in [6, 6.07) is 69.7. The number of pyridine rings is 1. The SMILES string of the molecule is [2H]c1c(Oc2cc(-c3ccc(C(C)(C)C)cc3)c3c4ccccc4n(-c4cc(C(C)(C)C)c(-c5ccccc5)cn4)c3c2)cc(N2CN(c3c(-c4ccccc4)cccc3-c3ccc(C(C)(C)C)cc3)c3ccccc32)c([2H])c1[2H]. The highest BCUT2D eigenvalue weighted by Gasteiger charge is 2.32. The standard InChI is InChI=1S/C72H66N4O/c1-70(2,3)52-38-34-50(35-39-52)58-30-21-29-57(48-22-12-10-13-23-48)69(58)75-47-74(64-32-18-19-33-65(64)75)54-26-20-27-55(42-54)77-56-43-60(51-36-40-53(41-37-51)71(4,5)6)68-59-28-16-17-31-63(59)76(66(68)44-56)67-45-62(72(7,8)9)61(46-73-67)49-24-14-11-15-25-49/h10-46H,47H2,1-9H3/i20D,26D,27D. The predicted molar refractivity (Wildman–Crippen MR) is 325 cm³/mol. The molecule has 2 aromatic heterocycles. The molecule has 0 unspecified atom stereocenters. The molecule has 5 nitrogen and oxygen atoms in total. The minimum atomic E-state index is -0.219. The zero-order valence-electron chi connectivity index (χ0n) is 48.5. The molecule has 1 aliphatic rings. The van der Waals surface area contributed by atoms with Gasteiger partial charge in [0, 0.05) is 51.5 Å². The Kier molecular flexibility index (Phi) is 11.4. The van der Waals surface area contributed by atoms with Crippen LogP contribution in [0.4, 0.5) is 22.7 Å². The average Bonchev–Trinajstić information content (AvgIpc) is 3.72. The van der Waals surface area contributed by atoms with E-state index in [1.165, 1.54) is 16.7 Å². The van der Waals surface area contributed by atoms with Crippen LogP contribution in [0.2, 0.25) is 0 Å². The molecule has 0 spiro atoms. The van der Waals surface area contributed by atoms with Gasteiger partial charge in [0.25, 0.3) is 0 Å². The molecule has 0 amide bonds. The molecule has 380 valence electrons. The fourth-order valence-corrected chi connectivity index (χ4v) is 11.1. The van der Waals surface area contributed by atoms with E-state index < -0.39 is 0 Å². The summed E-state index contributed by atoms with van der Waals surface area (Å²) in [4.78, 5) is 9.68. The fraction of sp³-hybridized carbons (Fsp3) is 0.181. The molecule has 77 heavy (non-hydrogen) atoms. The van der Waals surface area contributed by atoms with Gasteiger partial charge in [-0.1, -0.05) is 226 Å². The van der Waals surface area contributed by atoms with Crippen molar-refractivity contribution >= 4 is 44.6 Å². The highest BCUT2D eigenvalue weighted by Crippen LogP contribution is 2.51. The van der Waals surface area contributed by atoms with Crippen molar-refractivity contribution in [2.75, 3.05) is 16.5 Å². The van der Waals surface area contributed by atoms with Crippen LogP contribution in [-0.2, 0) is 16.2 Å². The van der Waals surface area contributed by atoms with Gasteiger partial charge in [-0.25, -0.2) is 4.98 Å². The van der Waals surface area contributed by atoms with Gasteiger partial charge in [0.15, 0.2) is 0 Å². The summed E-state index contributed by atoms with van der Waals surface area (Å²) >= 11 is 0. The number of rotatable bonds is 9. The van der Waals surface area contributed by atoms with E-state index in [0.717, 1.165) is 89.2 Å². The third-order valence-corrected chi connectivity index (χ3v) is 15.2. The summed E-state index contributed by atoms with van der Waals surface area (Å²) in [5.41, 5.74) is 17.2. The fourth-order valence-electron chi connectivity index (χ4n) is 11.1. The van der Waals surface area contributed by atoms with Gasteiger partial charge in [-0.15, -0.1) is 0 Å². The van der Waals surface area contributed by atoms with Crippen LogP contribution in [0.15, 0.2) is 225 Å². The Morgan fingerprint density at radius 3 is 1.61 bits per heavy atom. The number of hydrogen-bond donors (Lipinski definition) is 0. The lowest BCUT2D eigenvalue weighted by Gasteiger charge is -2.27. The van der Waals surface area contributed by atoms with Crippen molar-refractivity contribution < 1.29 is 8.85 Å². The summed E-state index contributed by atoms with van der Waals surface area (Å²) in [6.45, 7) is 20.5. The number of nitrogens with zero attached hydrogens (tertiary/aromatic N) is 4. The first-order valence-corrected chi connectivity index (χ1v) is 26.8. The largest absolute Gasteiger partial charge is 0.457 e. The van der Waals surface area contributed by atoms with Crippen LogP contribution in [0.1, 0.15) is 83.1 Å². The number of aromatic nitrogens is 2. The van der Waals surface area contributed by atoms with Crippen molar-refractivity contribution in [2.45, 2.75) is 78.6 Å². The lowest BCUT2D eigenvalue weighted by molar-refractivity contribution is 0.483. The van der Waals surface area contributed by atoms with Gasteiger partial charge < -0.3 is 14.5 Å². The third kappa shape index (κ3) is 9.24. The quantitative estimate of drug-likeness (QED) is 0.144. The first-order valence-electron chi connectivity index (χ1n) is 28.3. The van der Waals surface area contributed by atoms with E-state index >= 15 is 0 Å². The van der Waals surface area contributed by atoms with E-state index in [9.17, 15) is 4.11 Å². The molecule has 1 aliphatic heterocycles. The van der Waals surface area contributed by atoms with Crippen molar-refractivity contribution in [1.82, 2.24) is 9.55 Å². The number of fused-ring (bicyclic) bond motifs is 4. The molecule has 12 rings (SSSR count). The zero-order valence-corrected chi connectivity index (χ0v) is 45.5. The van der Waals surface area contributed by atoms with Crippen LogP contribution in [0, 0.1) is 0 Å². The summed E-state index contributed by atoms with van der Waals surface area (Å²) in [5.74, 6) is 1.45. The molecule has 0 radical (unpaired) electrons. The lowest BCUT2D eigenvalue weighted by Crippen LogP contribution is -2.25. The second-order valence-electron chi connectivity index (χ2n) is 23.5. The first kappa shape index (κ1) is 45.7. The molecule has 0 saturated heterocycles. The van der Waals surface area contributed by atoms with E-state index in [2.05, 4.69) is 247 Å². The summed E-state index contributed by atoms with van der Waals surface area (Å²) in [7, 11) is 0. The van der Waals surface area contributed by atoms with Crippen molar-refractivity contribution in [3.05, 3.63) is 241 Å². The number of benzene rings is 9.